The number of ether oxygens (including phenoxy) is 2. The predicted octanol–water partition coefficient (Wildman–Crippen LogP) is 11.4. The number of hydrogen-bond acceptors (Lipinski definition) is 2. The van der Waals surface area contributed by atoms with E-state index in [1.54, 1.807) is 0 Å². The van der Waals surface area contributed by atoms with Gasteiger partial charge >= 0.3 is 0 Å². The van der Waals surface area contributed by atoms with Gasteiger partial charge in [-0.25, -0.2) is 0 Å². The number of hydrogen-bond donors (Lipinski definition) is 0. The van der Waals surface area contributed by atoms with Crippen LogP contribution in [0.2, 0.25) is 0 Å². The smallest absolute Gasteiger partial charge is 0.109 e. The maximum atomic E-state index is 6.33. The number of unbranched alkanes of at least 4 members (excludes halogenated alkanes) is 21. The van der Waals surface area contributed by atoms with Crippen LogP contribution < -0.4 is 0 Å². The lowest BCUT2D eigenvalue weighted by Gasteiger charge is -2.29. The minimum absolute atomic E-state index is 0.318. The van der Waals surface area contributed by atoms with E-state index in [2.05, 4.69) is 47.1 Å². The van der Waals surface area contributed by atoms with Crippen molar-refractivity contribution in [1.82, 2.24) is 0 Å². The van der Waals surface area contributed by atoms with Crippen LogP contribution in [0.5, 0.6) is 0 Å². The molecule has 0 saturated heterocycles. The van der Waals surface area contributed by atoms with Gasteiger partial charge in [-0.2, -0.15) is 0 Å². The average Bonchev–Trinajstić information content (AvgIpc) is 2.92. The van der Waals surface area contributed by atoms with Crippen LogP contribution >= 0.6 is 0 Å². The van der Waals surface area contributed by atoms with Gasteiger partial charge in [-0.1, -0.05) is 142 Å². The molecule has 0 heterocycles. The first-order chi connectivity index (χ1) is 19.5. The number of quaternary nitrogens is 1. The lowest BCUT2D eigenvalue weighted by molar-refractivity contribution is -0.873. The highest BCUT2D eigenvalue weighted by atomic mass is 16.5. The van der Waals surface area contributed by atoms with Gasteiger partial charge in [0.2, 0.25) is 0 Å². The summed E-state index contributed by atoms with van der Waals surface area (Å²) in [6.07, 6.45) is 38.9. The Morgan fingerprint density at radius 1 is 0.475 bits per heavy atom. The van der Waals surface area contributed by atoms with Gasteiger partial charge in [-0.3, -0.25) is 0 Å². The SMILES string of the molecule is CCCCCCCC/C=C\CCCCCCCCOCCC(C[N+](C)(C)C)OCCCCCCCCCCCC. The van der Waals surface area contributed by atoms with Gasteiger partial charge in [0, 0.05) is 26.2 Å². The maximum Gasteiger partial charge on any atom is 0.109 e. The zero-order valence-electron chi connectivity index (χ0n) is 28.5. The van der Waals surface area contributed by atoms with E-state index >= 15 is 0 Å². The highest BCUT2D eigenvalue weighted by Crippen LogP contribution is 2.13. The molecule has 1 atom stereocenters. The number of nitrogens with zero attached hydrogens (tertiary/aromatic N) is 1. The van der Waals surface area contributed by atoms with Gasteiger partial charge in [0.15, 0.2) is 0 Å². The molecule has 0 amide bonds. The summed E-state index contributed by atoms with van der Waals surface area (Å²) in [7, 11) is 6.81. The third-order valence-corrected chi connectivity index (χ3v) is 7.99. The molecule has 0 aliphatic rings. The van der Waals surface area contributed by atoms with Crippen LogP contribution in [-0.2, 0) is 9.47 Å². The van der Waals surface area contributed by atoms with Gasteiger partial charge in [-0.05, 0) is 38.5 Å². The Bertz CT molecular complexity index is 499. The second-order valence-electron chi connectivity index (χ2n) is 13.5. The molecule has 3 heteroatoms. The van der Waals surface area contributed by atoms with Gasteiger partial charge in [-0.15, -0.1) is 0 Å². The molecule has 0 saturated carbocycles. The van der Waals surface area contributed by atoms with Crippen molar-refractivity contribution in [1.29, 1.82) is 0 Å². The van der Waals surface area contributed by atoms with Crippen molar-refractivity contribution in [3.05, 3.63) is 12.2 Å². The van der Waals surface area contributed by atoms with Crippen LogP contribution in [0.25, 0.3) is 0 Å². The van der Waals surface area contributed by atoms with Crippen molar-refractivity contribution in [3.8, 4) is 0 Å². The largest absolute Gasteiger partial charge is 0.381 e. The minimum atomic E-state index is 0.318. The number of rotatable bonds is 33. The molecule has 240 valence electrons. The van der Waals surface area contributed by atoms with Gasteiger partial charge in [0.1, 0.15) is 12.6 Å². The van der Waals surface area contributed by atoms with Crippen LogP contribution in [0.15, 0.2) is 12.2 Å². The normalized spacial score (nSPS) is 13.0. The lowest BCUT2D eigenvalue weighted by atomic mass is 10.1. The Morgan fingerprint density at radius 3 is 1.32 bits per heavy atom. The van der Waals surface area contributed by atoms with Crippen molar-refractivity contribution < 1.29 is 14.0 Å². The second kappa shape index (κ2) is 31.6. The van der Waals surface area contributed by atoms with E-state index in [0.29, 0.717) is 6.10 Å². The molecule has 0 N–H and O–H groups in total. The van der Waals surface area contributed by atoms with Crippen LogP contribution in [0.4, 0.5) is 0 Å². The zero-order valence-corrected chi connectivity index (χ0v) is 28.5. The highest BCUT2D eigenvalue weighted by molar-refractivity contribution is 4.81. The monoisotopic (exact) mass is 567 g/mol. The van der Waals surface area contributed by atoms with E-state index in [1.165, 1.54) is 154 Å². The minimum Gasteiger partial charge on any atom is -0.381 e. The Labute approximate surface area is 253 Å². The summed E-state index contributed by atoms with van der Waals surface area (Å²) in [5.41, 5.74) is 0. The predicted molar refractivity (Wildman–Crippen MR) is 179 cm³/mol. The maximum absolute atomic E-state index is 6.33. The third kappa shape index (κ3) is 33.8. The molecular formula is C37H76NO2+. The lowest BCUT2D eigenvalue weighted by Crippen LogP contribution is -2.43. The highest BCUT2D eigenvalue weighted by Gasteiger charge is 2.18. The van der Waals surface area contributed by atoms with Crippen LogP contribution in [0.3, 0.4) is 0 Å². The summed E-state index contributed by atoms with van der Waals surface area (Å²) in [4.78, 5) is 0. The molecule has 0 fully saturated rings. The number of likely N-dealkylation sites (N-methyl/N-ethyl adjacent to an activating group) is 1. The van der Waals surface area contributed by atoms with Crippen molar-refractivity contribution in [2.45, 2.75) is 180 Å². The summed E-state index contributed by atoms with van der Waals surface area (Å²) >= 11 is 0. The molecule has 0 rings (SSSR count). The quantitative estimate of drug-likeness (QED) is 0.0447. The molecule has 40 heavy (non-hydrogen) atoms. The molecule has 0 bridgehead atoms. The van der Waals surface area contributed by atoms with E-state index < -0.39 is 0 Å². The molecule has 0 radical (unpaired) electrons. The molecule has 0 aromatic rings. The Morgan fingerprint density at radius 2 is 0.875 bits per heavy atom. The van der Waals surface area contributed by atoms with E-state index in [4.69, 9.17) is 9.47 Å². The standard InChI is InChI=1S/C37H76NO2/c1-6-8-10-12-14-16-18-19-20-21-22-23-24-26-28-30-33-39-35-32-37(36-38(3,4)5)40-34-31-29-27-25-17-15-13-11-9-7-2/h19-20,37H,6-18,21-36H2,1-5H3/q+1/b20-19-. The van der Waals surface area contributed by atoms with E-state index in [9.17, 15) is 0 Å². The van der Waals surface area contributed by atoms with Gasteiger partial charge in [0.05, 0.1) is 21.1 Å². The fraction of sp³-hybridized carbons (Fsp3) is 0.946. The van der Waals surface area contributed by atoms with Crippen molar-refractivity contribution in [2.24, 2.45) is 0 Å². The third-order valence-electron chi connectivity index (χ3n) is 7.99. The van der Waals surface area contributed by atoms with E-state index in [-0.39, 0.29) is 0 Å². The van der Waals surface area contributed by atoms with Crippen LogP contribution in [-0.4, -0.2) is 58.1 Å². The average molecular weight is 567 g/mol. The van der Waals surface area contributed by atoms with Gasteiger partial charge in [0.25, 0.3) is 0 Å². The van der Waals surface area contributed by atoms with Gasteiger partial charge < -0.3 is 14.0 Å². The first-order valence-corrected chi connectivity index (χ1v) is 18.1. The fourth-order valence-corrected chi connectivity index (χ4v) is 5.45. The Kier molecular flexibility index (Phi) is 31.3. The van der Waals surface area contributed by atoms with Crippen LogP contribution in [0.1, 0.15) is 174 Å². The topological polar surface area (TPSA) is 18.5 Å². The first-order valence-electron chi connectivity index (χ1n) is 18.1. The summed E-state index contributed by atoms with van der Waals surface area (Å²) in [6.45, 7) is 8.31. The molecule has 3 nitrogen and oxygen atoms in total. The molecule has 0 aliphatic heterocycles. The zero-order chi connectivity index (χ0) is 29.4. The summed E-state index contributed by atoms with van der Waals surface area (Å²) in [5.74, 6) is 0. The fourth-order valence-electron chi connectivity index (χ4n) is 5.45. The Balaban J connectivity index is 3.59. The second-order valence-corrected chi connectivity index (χ2v) is 13.5. The molecular weight excluding hydrogens is 490 g/mol. The molecule has 0 aromatic heterocycles. The van der Waals surface area contributed by atoms with E-state index in [0.717, 1.165) is 37.3 Å². The van der Waals surface area contributed by atoms with Crippen LogP contribution in [0, 0.1) is 0 Å². The summed E-state index contributed by atoms with van der Waals surface area (Å²) < 4.78 is 13.3. The summed E-state index contributed by atoms with van der Waals surface area (Å²) in [6, 6.07) is 0. The molecule has 1 unspecified atom stereocenters. The molecule has 0 spiro atoms. The van der Waals surface area contributed by atoms with Crippen molar-refractivity contribution in [3.63, 3.8) is 0 Å². The molecule has 0 aromatic carbocycles. The first kappa shape index (κ1) is 39.6. The number of allylic oxidation sites excluding steroid dienone is 2. The van der Waals surface area contributed by atoms with E-state index in [1.807, 2.05) is 0 Å². The molecule has 0 aliphatic carbocycles. The Hall–Kier alpha value is -0.380. The van der Waals surface area contributed by atoms with Crippen molar-refractivity contribution in [2.75, 3.05) is 47.5 Å². The summed E-state index contributed by atoms with van der Waals surface area (Å²) in [5, 5.41) is 0. The van der Waals surface area contributed by atoms with Crippen molar-refractivity contribution >= 4 is 0 Å².